The molecular formula is C24H12BrCl2F3N2O5S. The molecule has 0 saturated carbocycles. The van der Waals surface area contributed by atoms with Crippen molar-refractivity contribution in [2.24, 2.45) is 0 Å². The molecule has 0 aliphatic carbocycles. The fourth-order valence-electron chi connectivity index (χ4n) is 3.39. The lowest BCUT2D eigenvalue weighted by Gasteiger charge is -2.15. The topological polar surface area (TPSA) is 89.7 Å². The summed E-state index contributed by atoms with van der Waals surface area (Å²) < 4.78 is 45.3. The Kier molecular flexibility index (Phi) is 8.07. The zero-order valence-corrected chi connectivity index (χ0v) is 22.5. The van der Waals surface area contributed by atoms with Gasteiger partial charge >= 0.3 is 11.9 Å². The summed E-state index contributed by atoms with van der Waals surface area (Å²) in [5, 5.41) is 11.4. The van der Waals surface area contributed by atoms with Gasteiger partial charge in [-0.1, -0.05) is 45.2 Å². The Hall–Kier alpha value is -3.06. The minimum Gasteiger partial charge on any atom is -0.449 e. The van der Waals surface area contributed by atoms with E-state index in [0.717, 1.165) is 11.0 Å². The van der Waals surface area contributed by atoms with Crippen molar-refractivity contribution in [3.63, 3.8) is 0 Å². The van der Waals surface area contributed by atoms with Gasteiger partial charge in [-0.05, 0) is 60.3 Å². The summed E-state index contributed by atoms with van der Waals surface area (Å²) in [6.45, 7) is -0.167. The average molecular weight is 648 g/mol. The van der Waals surface area contributed by atoms with Crippen LogP contribution >= 0.6 is 50.9 Å². The molecule has 0 spiro atoms. The van der Waals surface area contributed by atoms with E-state index < -0.39 is 39.2 Å². The van der Waals surface area contributed by atoms with Crippen molar-refractivity contribution < 1.29 is 32.4 Å². The Balaban J connectivity index is 1.67. The number of thioether (sulfide) groups is 1. The number of hydrogen-bond acceptors (Lipinski definition) is 6. The molecule has 0 radical (unpaired) electrons. The van der Waals surface area contributed by atoms with E-state index in [0.29, 0.717) is 33.9 Å². The number of carbonyl (C=O) groups is 2. The highest BCUT2D eigenvalue weighted by Crippen LogP contribution is 2.41. The Bertz CT molecular complexity index is 1500. The van der Waals surface area contributed by atoms with Crippen molar-refractivity contribution in [3.8, 4) is 11.5 Å². The number of nitro benzene ring substituents is 1. The predicted molar refractivity (Wildman–Crippen MR) is 140 cm³/mol. The predicted octanol–water partition coefficient (Wildman–Crippen LogP) is 8.71. The summed E-state index contributed by atoms with van der Waals surface area (Å²) in [7, 11) is 0. The average Bonchev–Trinajstić information content (AvgIpc) is 3.09. The molecule has 0 N–H and O–H groups in total. The van der Waals surface area contributed by atoms with Crippen LogP contribution in [0.15, 0.2) is 64.0 Å². The van der Waals surface area contributed by atoms with Gasteiger partial charge in [0.05, 0.1) is 21.9 Å². The number of imide groups is 1. The van der Waals surface area contributed by atoms with Crippen molar-refractivity contribution in [2.75, 3.05) is 0 Å². The van der Waals surface area contributed by atoms with Gasteiger partial charge < -0.3 is 4.74 Å². The van der Waals surface area contributed by atoms with Crippen LogP contribution in [0.3, 0.4) is 0 Å². The van der Waals surface area contributed by atoms with Crippen LogP contribution in [0.25, 0.3) is 6.08 Å². The first-order valence-electron chi connectivity index (χ1n) is 10.4. The molecule has 1 aliphatic rings. The molecule has 0 bridgehead atoms. The van der Waals surface area contributed by atoms with Crippen LogP contribution in [-0.2, 0) is 17.5 Å². The molecule has 7 nitrogen and oxygen atoms in total. The molecule has 196 valence electrons. The lowest BCUT2D eigenvalue weighted by atomic mass is 10.1. The molecule has 1 saturated heterocycles. The Morgan fingerprint density at radius 3 is 2.34 bits per heavy atom. The third kappa shape index (κ3) is 5.98. The fraction of sp³-hybridized carbons (Fsp3) is 0.0833. The molecule has 4 rings (SSSR count). The molecule has 3 aromatic carbocycles. The van der Waals surface area contributed by atoms with Crippen LogP contribution in [0.5, 0.6) is 11.5 Å². The standard InChI is InChI=1S/C24H12BrCl2F3N2O5S/c25-14-5-7-19(37-20-6-4-13(24(28,29)30)10-18(20)32(35)36)12(8-14)9-21-22(33)31(23(34)38-21)11-15-16(26)2-1-3-17(15)27/h1-10H,11H2/b21-9-. The second-order valence-corrected chi connectivity index (χ2v) is 10.4. The lowest BCUT2D eigenvalue weighted by molar-refractivity contribution is -0.385. The van der Waals surface area contributed by atoms with Gasteiger partial charge in [0.25, 0.3) is 11.1 Å². The van der Waals surface area contributed by atoms with Gasteiger partial charge in [0.1, 0.15) is 5.75 Å². The van der Waals surface area contributed by atoms with Gasteiger partial charge in [0.15, 0.2) is 0 Å². The fourth-order valence-corrected chi connectivity index (χ4v) is 5.11. The zero-order chi connectivity index (χ0) is 27.8. The highest BCUT2D eigenvalue weighted by molar-refractivity contribution is 9.10. The molecule has 0 unspecified atom stereocenters. The normalized spacial score (nSPS) is 14.9. The van der Waals surface area contributed by atoms with E-state index in [9.17, 15) is 32.9 Å². The number of rotatable bonds is 6. The molecule has 1 heterocycles. The molecule has 1 aliphatic heterocycles. The van der Waals surface area contributed by atoms with E-state index in [2.05, 4.69) is 15.9 Å². The minimum absolute atomic E-state index is 0.00277. The van der Waals surface area contributed by atoms with E-state index in [-0.39, 0.29) is 32.8 Å². The summed E-state index contributed by atoms with van der Waals surface area (Å²) in [6, 6.07) is 11.1. The molecule has 3 aromatic rings. The van der Waals surface area contributed by atoms with E-state index in [1.165, 1.54) is 24.3 Å². The molecule has 14 heteroatoms. The van der Waals surface area contributed by atoms with Gasteiger partial charge in [-0.15, -0.1) is 0 Å². The maximum absolute atomic E-state index is 13.1. The number of ether oxygens (including phenoxy) is 1. The van der Waals surface area contributed by atoms with Crippen molar-refractivity contribution >= 4 is 73.8 Å². The summed E-state index contributed by atoms with van der Waals surface area (Å²) in [5.41, 5.74) is -1.49. The van der Waals surface area contributed by atoms with Crippen LogP contribution in [0.2, 0.25) is 10.0 Å². The second-order valence-electron chi connectivity index (χ2n) is 7.69. The largest absolute Gasteiger partial charge is 0.449 e. The van der Waals surface area contributed by atoms with E-state index >= 15 is 0 Å². The summed E-state index contributed by atoms with van der Waals surface area (Å²) >= 11 is 16.3. The number of benzene rings is 3. The van der Waals surface area contributed by atoms with Gasteiger partial charge in [0.2, 0.25) is 5.75 Å². The second kappa shape index (κ2) is 11.0. The maximum atomic E-state index is 13.1. The van der Waals surface area contributed by atoms with Gasteiger partial charge in [-0.3, -0.25) is 24.6 Å². The van der Waals surface area contributed by atoms with Crippen LogP contribution in [0.4, 0.5) is 23.7 Å². The van der Waals surface area contributed by atoms with E-state index in [1.54, 1.807) is 18.2 Å². The molecule has 2 amide bonds. The summed E-state index contributed by atoms with van der Waals surface area (Å²) in [6.07, 6.45) is -3.45. The Morgan fingerprint density at radius 2 is 1.71 bits per heavy atom. The number of hydrogen-bond donors (Lipinski definition) is 0. The first kappa shape index (κ1) is 28.0. The first-order chi connectivity index (χ1) is 17.8. The van der Waals surface area contributed by atoms with Crippen LogP contribution in [0, 0.1) is 10.1 Å². The number of nitrogens with zero attached hydrogens (tertiary/aromatic N) is 2. The molecule has 0 aromatic heterocycles. The van der Waals surface area contributed by atoms with Crippen LogP contribution < -0.4 is 4.74 Å². The summed E-state index contributed by atoms with van der Waals surface area (Å²) in [4.78, 5) is 37.1. The monoisotopic (exact) mass is 646 g/mol. The highest BCUT2D eigenvalue weighted by Gasteiger charge is 2.36. The molecule has 38 heavy (non-hydrogen) atoms. The summed E-state index contributed by atoms with van der Waals surface area (Å²) in [5.74, 6) is -1.08. The number of alkyl halides is 3. The smallest absolute Gasteiger partial charge is 0.416 e. The van der Waals surface area contributed by atoms with Crippen LogP contribution in [-0.4, -0.2) is 21.0 Å². The van der Waals surface area contributed by atoms with Crippen molar-refractivity contribution in [1.82, 2.24) is 4.90 Å². The van der Waals surface area contributed by atoms with E-state index in [1.807, 2.05) is 0 Å². The molecule has 0 atom stereocenters. The molecule has 1 fully saturated rings. The third-order valence-corrected chi connectivity index (χ3v) is 7.32. The SMILES string of the molecule is O=C1S/C(=C\c2cc(Br)ccc2Oc2ccc(C(F)(F)F)cc2[N+](=O)[O-])C(=O)N1Cc1c(Cl)cccc1Cl. The zero-order valence-electron chi connectivity index (χ0n) is 18.6. The van der Waals surface area contributed by atoms with Gasteiger partial charge in [-0.2, -0.15) is 13.2 Å². The number of carbonyl (C=O) groups excluding carboxylic acids is 2. The quantitative estimate of drug-likeness (QED) is 0.151. The first-order valence-corrected chi connectivity index (χ1v) is 12.7. The maximum Gasteiger partial charge on any atom is 0.416 e. The van der Waals surface area contributed by atoms with Gasteiger partial charge in [0, 0.05) is 31.7 Å². The van der Waals surface area contributed by atoms with E-state index in [4.69, 9.17) is 27.9 Å². The Labute approximate surface area is 235 Å². The Morgan fingerprint density at radius 1 is 1.05 bits per heavy atom. The van der Waals surface area contributed by atoms with Crippen molar-refractivity contribution in [2.45, 2.75) is 12.7 Å². The minimum atomic E-state index is -4.79. The number of halogens is 6. The third-order valence-electron chi connectivity index (χ3n) is 5.21. The number of amides is 2. The highest BCUT2D eigenvalue weighted by atomic mass is 79.9. The van der Waals surface area contributed by atoms with Crippen molar-refractivity contribution in [3.05, 3.63) is 101 Å². The van der Waals surface area contributed by atoms with Gasteiger partial charge in [-0.25, -0.2) is 0 Å². The number of nitro groups is 1. The van der Waals surface area contributed by atoms with Crippen molar-refractivity contribution in [1.29, 1.82) is 0 Å². The molecular weight excluding hydrogens is 636 g/mol. The van der Waals surface area contributed by atoms with Crippen LogP contribution in [0.1, 0.15) is 16.7 Å². The lowest BCUT2D eigenvalue weighted by Crippen LogP contribution is -2.27.